The van der Waals surface area contributed by atoms with Gasteiger partial charge in [-0.3, -0.25) is 15.5 Å². The Morgan fingerprint density at radius 1 is 1.21 bits per heavy atom. The van der Waals surface area contributed by atoms with Crippen molar-refractivity contribution >= 4 is 23.5 Å². The van der Waals surface area contributed by atoms with Crippen LogP contribution in [0.5, 0.6) is 0 Å². The van der Waals surface area contributed by atoms with Crippen molar-refractivity contribution < 1.29 is 4.92 Å². The highest BCUT2D eigenvalue weighted by Gasteiger charge is 2.20. The molecule has 9 nitrogen and oxygen atoms in total. The zero-order valence-electron chi connectivity index (χ0n) is 16.1. The van der Waals surface area contributed by atoms with E-state index in [1.807, 2.05) is 19.9 Å². The van der Waals surface area contributed by atoms with Crippen molar-refractivity contribution in [2.75, 3.05) is 11.2 Å². The Hall–Kier alpha value is -3.75. The zero-order chi connectivity index (χ0) is 20.4. The minimum absolute atomic E-state index is 0.0584. The Morgan fingerprint density at radius 2 is 1.96 bits per heavy atom. The number of aryl methyl sites for hydroxylation is 3. The van der Waals surface area contributed by atoms with E-state index in [9.17, 15) is 10.1 Å². The van der Waals surface area contributed by atoms with Gasteiger partial charge in [0.25, 0.3) is 0 Å². The second kappa shape index (κ2) is 7.47. The first-order chi connectivity index (χ1) is 13.3. The van der Waals surface area contributed by atoms with Crippen molar-refractivity contribution in [3.8, 4) is 5.69 Å². The highest BCUT2D eigenvalue weighted by atomic mass is 16.6. The van der Waals surface area contributed by atoms with E-state index in [2.05, 4.69) is 57.1 Å². The molecule has 0 saturated heterocycles. The second-order valence-corrected chi connectivity index (χ2v) is 6.54. The van der Waals surface area contributed by atoms with Gasteiger partial charge in [-0.15, -0.1) is 0 Å². The molecule has 0 bridgehead atoms. The molecule has 0 aliphatic heterocycles. The van der Waals surface area contributed by atoms with E-state index in [4.69, 9.17) is 5.73 Å². The molecule has 0 amide bonds. The fourth-order valence-corrected chi connectivity index (χ4v) is 3.16. The lowest BCUT2D eigenvalue weighted by Crippen LogP contribution is -2.05. The highest BCUT2D eigenvalue weighted by molar-refractivity contribution is 5.83. The molecule has 28 heavy (non-hydrogen) atoms. The van der Waals surface area contributed by atoms with Crippen LogP contribution in [-0.4, -0.2) is 25.7 Å². The van der Waals surface area contributed by atoms with E-state index >= 15 is 0 Å². The van der Waals surface area contributed by atoms with Gasteiger partial charge in [-0.2, -0.15) is 5.10 Å². The normalized spacial score (nSPS) is 11.1. The van der Waals surface area contributed by atoms with Crippen LogP contribution in [-0.2, 0) is 0 Å². The zero-order valence-corrected chi connectivity index (χ0v) is 16.1. The number of nitrogens with zero attached hydrogens (tertiary/aromatic N) is 5. The SMILES string of the molecule is Cc1ccc(-n2c(C)cc(/C=N\Nc3ncnc(N)c3[N+](=O)[O-])c2C)c(C)c1. The van der Waals surface area contributed by atoms with Crippen LogP contribution < -0.4 is 11.2 Å². The average Bonchev–Trinajstić information content (AvgIpc) is 2.89. The van der Waals surface area contributed by atoms with E-state index in [0.717, 1.165) is 29.0 Å². The standard InChI is InChI=1S/C19H21N7O2/c1-11-5-6-16(12(2)7-11)25-13(3)8-15(14(25)4)9-23-24-19-17(26(27)28)18(20)21-10-22-19/h5-10H,1-4H3,(H3,20,21,22,24)/b23-9-. The Kier molecular flexibility index (Phi) is 5.08. The van der Waals surface area contributed by atoms with Crippen LogP contribution in [0.25, 0.3) is 5.69 Å². The van der Waals surface area contributed by atoms with Gasteiger partial charge < -0.3 is 10.3 Å². The predicted molar refractivity (Wildman–Crippen MR) is 109 cm³/mol. The molecule has 9 heteroatoms. The molecule has 0 aliphatic carbocycles. The summed E-state index contributed by atoms with van der Waals surface area (Å²) in [7, 11) is 0. The maximum Gasteiger partial charge on any atom is 0.354 e. The smallest absolute Gasteiger partial charge is 0.354 e. The summed E-state index contributed by atoms with van der Waals surface area (Å²) in [6, 6.07) is 8.32. The highest BCUT2D eigenvalue weighted by Crippen LogP contribution is 2.26. The first kappa shape index (κ1) is 19.0. The molecule has 0 atom stereocenters. The van der Waals surface area contributed by atoms with Crippen LogP contribution >= 0.6 is 0 Å². The molecule has 144 valence electrons. The lowest BCUT2D eigenvalue weighted by Gasteiger charge is -2.13. The molecule has 3 N–H and O–H groups in total. The largest absolute Gasteiger partial charge is 0.378 e. The summed E-state index contributed by atoms with van der Waals surface area (Å²) >= 11 is 0. The van der Waals surface area contributed by atoms with Crippen LogP contribution in [0.15, 0.2) is 35.7 Å². The number of nitrogens with one attached hydrogen (secondary N) is 1. The molecule has 2 aromatic heterocycles. The van der Waals surface area contributed by atoms with Gasteiger partial charge in [-0.1, -0.05) is 17.7 Å². The van der Waals surface area contributed by atoms with Crippen molar-refractivity contribution in [3.63, 3.8) is 0 Å². The number of hydrogen-bond donors (Lipinski definition) is 2. The molecule has 1 aromatic carbocycles. The van der Waals surface area contributed by atoms with Gasteiger partial charge in [0.05, 0.1) is 11.1 Å². The molecule has 2 heterocycles. The Labute approximate surface area is 162 Å². The van der Waals surface area contributed by atoms with Crippen molar-refractivity contribution in [2.24, 2.45) is 5.10 Å². The number of hydrazone groups is 1. The summed E-state index contributed by atoms with van der Waals surface area (Å²) < 4.78 is 2.15. The van der Waals surface area contributed by atoms with E-state index in [1.54, 1.807) is 6.21 Å². The summed E-state index contributed by atoms with van der Waals surface area (Å²) in [6.45, 7) is 8.16. The predicted octanol–water partition coefficient (Wildman–Crippen LogP) is 3.44. The van der Waals surface area contributed by atoms with Gasteiger partial charge >= 0.3 is 5.69 Å². The van der Waals surface area contributed by atoms with E-state index in [1.165, 1.54) is 11.1 Å². The summed E-state index contributed by atoms with van der Waals surface area (Å²) in [5.74, 6) is -0.275. The van der Waals surface area contributed by atoms with Crippen LogP contribution in [0.2, 0.25) is 0 Å². The van der Waals surface area contributed by atoms with Gasteiger partial charge in [0.2, 0.25) is 11.6 Å². The summed E-state index contributed by atoms with van der Waals surface area (Å²) in [5, 5.41) is 15.2. The van der Waals surface area contributed by atoms with Gasteiger partial charge in [-0.25, -0.2) is 9.97 Å². The molecule has 3 rings (SSSR count). The minimum atomic E-state index is -0.640. The van der Waals surface area contributed by atoms with Crippen molar-refractivity contribution in [1.82, 2.24) is 14.5 Å². The molecule has 3 aromatic rings. The first-order valence-corrected chi connectivity index (χ1v) is 8.60. The van der Waals surface area contributed by atoms with Crippen molar-refractivity contribution in [1.29, 1.82) is 0 Å². The van der Waals surface area contributed by atoms with E-state index in [-0.39, 0.29) is 11.6 Å². The molecule has 0 unspecified atom stereocenters. The number of aromatic nitrogens is 3. The monoisotopic (exact) mass is 379 g/mol. The molecule has 0 saturated carbocycles. The third kappa shape index (κ3) is 3.54. The summed E-state index contributed by atoms with van der Waals surface area (Å²) in [4.78, 5) is 18.0. The van der Waals surface area contributed by atoms with E-state index in [0.29, 0.717) is 0 Å². The molecule has 0 aliphatic rings. The van der Waals surface area contributed by atoms with Crippen LogP contribution in [0, 0.1) is 37.8 Å². The number of nitro groups is 1. The molecule has 0 radical (unpaired) electrons. The van der Waals surface area contributed by atoms with Gasteiger partial charge in [0.15, 0.2) is 0 Å². The number of nitrogen functional groups attached to an aromatic ring is 1. The lowest BCUT2D eigenvalue weighted by molar-refractivity contribution is -0.383. The number of rotatable bonds is 5. The third-order valence-electron chi connectivity index (χ3n) is 4.47. The maximum absolute atomic E-state index is 11.1. The van der Waals surface area contributed by atoms with Gasteiger partial charge in [0, 0.05) is 22.6 Å². The Bertz CT molecular complexity index is 1090. The van der Waals surface area contributed by atoms with Gasteiger partial charge in [-0.05, 0) is 45.4 Å². The van der Waals surface area contributed by atoms with Crippen molar-refractivity contribution in [2.45, 2.75) is 27.7 Å². The second-order valence-electron chi connectivity index (χ2n) is 6.54. The van der Waals surface area contributed by atoms with Crippen LogP contribution in [0.4, 0.5) is 17.3 Å². The average molecular weight is 379 g/mol. The Balaban J connectivity index is 1.91. The van der Waals surface area contributed by atoms with Crippen LogP contribution in [0.1, 0.15) is 28.1 Å². The fourth-order valence-electron chi connectivity index (χ4n) is 3.16. The first-order valence-electron chi connectivity index (χ1n) is 8.60. The minimum Gasteiger partial charge on any atom is -0.378 e. The number of hydrogen-bond acceptors (Lipinski definition) is 7. The lowest BCUT2D eigenvalue weighted by atomic mass is 10.1. The number of anilines is 2. The molecule has 0 spiro atoms. The van der Waals surface area contributed by atoms with Crippen molar-refractivity contribution in [3.05, 3.63) is 68.8 Å². The number of benzene rings is 1. The molecular formula is C19H21N7O2. The summed E-state index contributed by atoms with van der Waals surface area (Å²) in [6.07, 6.45) is 2.75. The van der Waals surface area contributed by atoms with Crippen LogP contribution in [0.3, 0.4) is 0 Å². The Morgan fingerprint density at radius 3 is 2.64 bits per heavy atom. The molecule has 0 fully saturated rings. The topological polar surface area (TPSA) is 124 Å². The quantitative estimate of drug-likeness (QED) is 0.397. The fraction of sp³-hybridized carbons (Fsp3) is 0.211. The maximum atomic E-state index is 11.1. The molecular weight excluding hydrogens is 358 g/mol. The van der Waals surface area contributed by atoms with Gasteiger partial charge in [0.1, 0.15) is 6.33 Å². The third-order valence-corrected chi connectivity index (χ3v) is 4.47. The number of nitrogens with two attached hydrogens (primary N) is 1. The summed E-state index contributed by atoms with van der Waals surface area (Å²) in [5.41, 5.74) is 14.2. The van der Waals surface area contributed by atoms with E-state index < -0.39 is 10.6 Å².